The van der Waals surface area contributed by atoms with E-state index in [0.29, 0.717) is 13.1 Å². The van der Waals surface area contributed by atoms with Crippen LogP contribution < -0.4 is 10.1 Å². The van der Waals surface area contributed by atoms with E-state index in [9.17, 15) is 22.4 Å². The second kappa shape index (κ2) is 12.0. The number of aliphatic carboxylic acids is 1. The van der Waals surface area contributed by atoms with Crippen molar-refractivity contribution in [1.82, 2.24) is 15.1 Å². The van der Waals surface area contributed by atoms with E-state index in [-0.39, 0.29) is 23.5 Å². The summed E-state index contributed by atoms with van der Waals surface area (Å²) in [7, 11) is 2.11. The lowest BCUT2D eigenvalue weighted by molar-refractivity contribution is -0.192. The standard InChI is InChI=1S/C25H32FN3O2.C2HF3O2/c1-25(2)15-20-14-19(6-9-23(20)31-25)16-27-24(30)29(22-10-12-28(3)13-11-22)17-18-4-7-21(26)8-5-18;3-2(4,5)1(6)7/h4-9,14,22H,10-13,15-17H2,1-3H3,(H,27,30);(H,6,7). The minimum Gasteiger partial charge on any atom is -0.487 e. The van der Waals surface area contributed by atoms with Crippen LogP contribution in [0.5, 0.6) is 5.75 Å². The van der Waals surface area contributed by atoms with Crippen LogP contribution >= 0.6 is 0 Å². The van der Waals surface area contributed by atoms with Gasteiger partial charge in [0.1, 0.15) is 17.2 Å². The van der Waals surface area contributed by atoms with Gasteiger partial charge in [0, 0.05) is 25.6 Å². The van der Waals surface area contributed by atoms with Gasteiger partial charge in [-0.05, 0) is 81.7 Å². The van der Waals surface area contributed by atoms with Gasteiger partial charge < -0.3 is 25.0 Å². The number of urea groups is 1. The molecule has 7 nitrogen and oxygen atoms in total. The average Bonchev–Trinajstić information content (AvgIpc) is 3.15. The van der Waals surface area contributed by atoms with Crippen molar-refractivity contribution in [2.75, 3.05) is 20.1 Å². The molecule has 1 fully saturated rings. The zero-order chi connectivity index (χ0) is 28.1. The van der Waals surface area contributed by atoms with Crippen LogP contribution in [0.2, 0.25) is 0 Å². The number of alkyl halides is 3. The third-order valence-electron chi connectivity index (χ3n) is 6.47. The molecule has 2 aliphatic heterocycles. The lowest BCUT2D eigenvalue weighted by Crippen LogP contribution is -2.49. The molecule has 2 amide bonds. The highest BCUT2D eigenvalue weighted by Crippen LogP contribution is 2.35. The van der Waals surface area contributed by atoms with Gasteiger partial charge in [0.15, 0.2) is 0 Å². The van der Waals surface area contributed by atoms with Gasteiger partial charge in [0.25, 0.3) is 0 Å². The Labute approximate surface area is 219 Å². The molecule has 2 aliphatic rings. The first-order valence-electron chi connectivity index (χ1n) is 12.3. The quantitative estimate of drug-likeness (QED) is 0.524. The van der Waals surface area contributed by atoms with Crippen LogP contribution in [0.15, 0.2) is 42.5 Å². The first kappa shape index (κ1) is 29.2. The number of benzene rings is 2. The number of carboxylic acid groups (broad SMARTS) is 1. The molecule has 0 bridgehead atoms. The summed E-state index contributed by atoms with van der Waals surface area (Å²) in [5, 5.41) is 10.2. The smallest absolute Gasteiger partial charge is 0.487 e. The number of carbonyl (C=O) groups excluding carboxylic acids is 1. The van der Waals surface area contributed by atoms with Crippen molar-refractivity contribution in [3.63, 3.8) is 0 Å². The normalized spacial score (nSPS) is 17.0. The van der Waals surface area contributed by atoms with Crippen molar-refractivity contribution >= 4 is 12.0 Å². The van der Waals surface area contributed by atoms with Crippen LogP contribution in [-0.4, -0.2) is 64.9 Å². The molecule has 2 heterocycles. The van der Waals surface area contributed by atoms with E-state index in [2.05, 4.69) is 37.2 Å². The Morgan fingerprint density at radius 2 is 1.68 bits per heavy atom. The van der Waals surface area contributed by atoms with Crippen LogP contribution in [0.4, 0.5) is 22.4 Å². The largest absolute Gasteiger partial charge is 0.490 e. The van der Waals surface area contributed by atoms with E-state index in [1.165, 1.54) is 17.7 Å². The zero-order valence-corrected chi connectivity index (χ0v) is 21.6. The summed E-state index contributed by atoms with van der Waals surface area (Å²) in [6.45, 7) is 7.06. The van der Waals surface area contributed by atoms with Crippen molar-refractivity contribution in [1.29, 1.82) is 0 Å². The van der Waals surface area contributed by atoms with Gasteiger partial charge in [-0.3, -0.25) is 0 Å². The summed E-state index contributed by atoms with van der Waals surface area (Å²) in [6.07, 6.45) is -2.33. The molecule has 0 aromatic heterocycles. The SMILES string of the molecule is CN1CCC(N(Cc2ccc(F)cc2)C(=O)NCc2ccc3c(c2)CC(C)(C)O3)CC1.O=C(O)C(F)(F)F. The first-order valence-corrected chi connectivity index (χ1v) is 12.3. The van der Waals surface area contributed by atoms with Gasteiger partial charge >= 0.3 is 18.2 Å². The molecular weight excluding hydrogens is 506 g/mol. The number of carboxylic acids is 1. The Bertz CT molecular complexity index is 1110. The molecule has 0 spiro atoms. The molecule has 0 saturated carbocycles. The summed E-state index contributed by atoms with van der Waals surface area (Å²) in [5.74, 6) is -2.08. The summed E-state index contributed by atoms with van der Waals surface area (Å²) in [5.41, 5.74) is 3.02. The maximum absolute atomic E-state index is 13.3. The molecule has 1 saturated heterocycles. The molecule has 2 N–H and O–H groups in total. The minimum absolute atomic E-state index is 0.0732. The number of nitrogens with zero attached hydrogens (tertiary/aromatic N) is 2. The molecule has 11 heteroatoms. The van der Waals surface area contributed by atoms with E-state index in [0.717, 1.165) is 49.2 Å². The summed E-state index contributed by atoms with van der Waals surface area (Å²) < 4.78 is 51.0. The first-order chi connectivity index (χ1) is 17.7. The summed E-state index contributed by atoms with van der Waals surface area (Å²) in [4.78, 5) is 26.3. The van der Waals surface area contributed by atoms with Crippen molar-refractivity contribution in [3.8, 4) is 5.75 Å². The molecular formula is C27H33F4N3O4. The highest BCUT2D eigenvalue weighted by molar-refractivity contribution is 5.74. The molecule has 0 unspecified atom stereocenters. The van der Waals surface area contributed by atoms with E-state index < -0.39 is 12.1 Å². The fourth-order valence-corrected chi connectivity index (χ4v) is 4.51. The Balaban J connectivity index is 0.000000505. The van der Waals surface area contributed by atoms with Gasteiger partial charge in [-0.2, -0.15) is 13.2 Å². The van der Waals surface area contributed by atoms with E-state index in [4.69, 9.17) is 14.6 Å². The minimum atomic E-state index is -5.08. The lowest BCUT2D eigenvalue weighted by atomic mass is 10.0. The Morgan fingerprint density at radius 1 is 1.11 bits per heavy atom. The number of likely N-dealkylation sites (tertiary alicyclic amines) is 1. The second-order valence-corrected chi connectivity index (χ2v) is 10.2. The predicted molar refractivity (Wildman–Crippen MR) is 133 cm³/mol. The Hall–Kier alpha value is -3.34. The number of amides is 2. The molecule has 2 aromatic carbocycles. The maximum Gasteiger partial charge on any atom is 0.490 e. The number of fused-ring (bicyclic) bond motifs is 1. The summed E-state index contributed by atoms with van der Waals surface area (Å²) in [6, 6.07) is 12.7. The van der Waals surface area contributed by atoms with Gasteiger partial charge in [-0.25, -0.2) is 14.0 Å². The highest BCUT2D eigenvalue weighted by atomic mass is 19.4. The second-order valence-electron chi connectivity index (χ2n) is 10.2. The number of nitrogens with one attached hydrogen (secondary N) is 1. The molecule has 0 radical (unpaired) electrons. The molecule has 38 heavy (non-hydrogen) atoms. The summed E-state index contributed by atoms with van der Waals surface area (Å²) >= 11 is 0. The highest BCUT2D eigenvalue weighted by Gasteiger charge is 2.38. The van der Waals surface area contributed by atoms with Crippen molar-refractivity contribution in [3.05, 3.63) is 65.0 Å². The fourth-order valence-electron chi connectivity index (χ4n) is 4.51. The average molecular weight is 540 g/mol. The number of hydrogen-bond donors (Lipinski definition) is 2. The van der Waals surface area contributed by atoms with E-state index >= 15 is 0 Å². The Kier molecular flexibility index (Phi) is 9.24. The van der Waals surface area contributed by atoms with Crippen molar-refractivity contribution in [2.45, 2.75) is 64.0 Å². The number of hydrogen-bond acceptors (Lipinski definition) is 4. The molecule has 4 rings (SSSR count). The number of piperidine rings is 1. The van der Waals surface area contributed by atoms with Gasteiger partial charge in [0.05, 0.1) is 0 Å². The number of halogens is 4. The lowest BCUT2D eigenvalue weighted by Gasteiger charge is -2.37. The molecule has 0 atom stereocenters. The van der Waals surface area contributed by atoms with Crippen molar-refractivity contribution < 1.29 is 37.0 Å². The molecule has 2 aromatic rings. The van der Waals surface area contributed by atoms with Crippen LogP contribution in [0, 0.1) is 5.82 Å². The number of rotatable bonds is 5. The van der Waals surface area contributed by atoms with E-state index in [1.807, 2.05) is 17.0 Å². The molecule has 0 aliphatic carbocycles. The van der Waals surface area contributed by atoms with Gasteiger partial charge in [0.2, 0.25) is 0 Å². The fraction of sp³-hybridized carbons (Fsp3) is 0.481. The van der Waals surface area contributed by atoms with Crippen LogP contribution in [0.1, 0.15) is 43.4 Å². The van der Waals surface area contributed by atoms with Gasteiger partial charge in [-0.1, -0.05) is 24.3 Å². The van der Waals surface area contributed by atoms with Crippen molar-refractivity contribution in [2.24, 2.45) is 0 Å². The van der Waals surface area contributed by atoms with E-state index in [1.54, 1.807) is 12.1 Å². The third kappa shape index (κ3) is 8.34. The third-order valence-corrected chi connectivity index (χ3v) is 6.47. The topological polar surface area (TPSA) is 82.1 Å². The predicted octanol–water partition coefficient (Wildman–Crippen LogP) is 4.98. The van der Waals surface area contributed by atoms with Crippen LogP contribution in [0.25, 0.3) is 0 Å². The molecule has 208 valence electrons. The monoisotopic (exact) mass is 539 g/mol. The zero-order valence-electron chi connectivity index (χ0n) is 21.6. The van der Waals surface area contributed by atoms with Gasteiger partial charge in [-0.15, -0.1) is 0 Å². The number of carbonyl (C=O) groups is 2. The van der Waals surface area contributed by atoms with Crippen LogP contribution in [-0.2, 0) is 24.3 Å². The van der Waals surface area contributed by atoms with Crippen LogP contribution in [0.3, 0.4) is 0 Å². The maximum atomic E-state index is 13.3. The number of ether oxygens (including phenoxy) is 1. The Morgan fingerprint density at radius 3 is 2.26 bits per heavy atom.